The van der Waals surface area contributed by atoms with Gasteiger partial charge in [0.05, 0.1) is 12.2 Å². The van der Waals surface area contributed by atoms with E-state index in [1.807, 2.05) is 10.9 Å². The highest BCUT2D eigenvalue weighted by molar-refractivity contribution is 4.90. The average molecular weight is 239 g/mol. The van der Waals surface area contributed by atoms with Crippen LogP contribution in [0.1, 0.15) is 45.7 Å². The molecule has 17 heavy (non-hydrogen) atoms. The Kier molecular flexibility index (Phi) is 5.58. The molecule has 1 rings (SSSR count). The molecular weight excluding hydrogens is 214 g/mol. The van der Waals surface area contributed by atoms with Gasteiger partial charge in [0.1, 0.15) is 0 Å². The molecule has 98 valence electrons. The Bertz CT molecular complexity index is 308. The molecule has 0 aliphatic rings. The largest absolute Gasteiger partial charge is 0.325 e. The van der Waals surface area contributed by atoms with E-state index in [9.17, 15) is 0 Å². The lowest BCUT2D eigenvalue weighted by Gasteiger charge is -2.32. The van der Waals surface area contributed by atoms with Crippen LogP contribution in [0.15, 0.2) is 6.20 Å². The highest BCUT2D eigenvalue weighted by atomic mass is 15.4. The highest BCUT2D eigenvalue weighted by Gasteiger charge is 2.22. The third kappa shape index (κ3) is 3.78. The first-order chi connectivity index (χ1) is 8.19. The van der Waals surface area contributed by atoms with Gasteiger partial charge in [0.2, 0.25) is 0 Å². The van der Waals surface area contributed by atoms with Crippen molar-refractivity contribution in [1.82, 2.24) is 20.3 Å². The third-order valence-corrected chi connectivity index (χ3v) is 3.67. The van der Waals surface area contributed by atoms with Crippen molar-refractivity contribution in [1.29, 1.82) is 0 Å². The fourth-order valence-electron chi connectivity index (χ4n) is 2.10. The second-order valence-electron chi connectivity index (χ2n) is 4.44. The van der Waals surface area contributed by atoms with E-state index in [1.54, 1.807) is 0 Å². The Hall–Kier alpha value is -0.940. The summed E-state index contributed by atoms with van der Waals surface area (Å²) in [6.07, 6.45) is 5.38. The molecule has 1 aromatic heterocycles. The molecule has 0 atom stereocenters. The van der Waals surface area contributed by atoms with Crippen molar-refractivity contribution in [2.24, 2.45) is 5.73 Å². The van der Waals surface area contributed by atoms with Crippen LogP contribution < -0.4 is 11.1 Å². The second-order valence-corrected chi connectivity index (χ2v) is 4.44. The van der Waals surface area contributed by atoms with Crippen LogP contribution in [0.5, 0.6) is 0 Å². The van der Waals surface area contributed by atoms with E-state index >= 15 is 0 Å². The number of hydrogen-bond donors (Lipinski definition) is 2. The molecular formula is C12H25N5. The monoisotopic (exact) mass is 239 g/mol. The molecule has 0 saturated heterocycles. The van der Waals surface area contributed by atoms with Gasteiger partial charge in [0.25, 0.3) is 0 Å². The maximum absolute atomic E-state index is 5.49. The van der Waals surface area contributed by atoms with E-state index in [1.165, 1.54) is 0 Å². The lowest BCUT2D eigenvalue weighted by molar-refractivity contribution is 0.283. The molecule has 1 heterocycles. The van der Waals surface area contributed by atoms with Gasteiger partial charge >= 0.3 is 0 Å². The van der Waals surface area contributed by atoms with Gasteiger partial charge in [-0.15, -0.1) is 5.10 Å². The SMILES string of the molecule is CCC(CC)(CC)NCCn1cc(CN)nn1. The van der Waals surface area contributed by atoms with Crippen LogP contribution in [-0.2, 0) is 13.1 Å². The quantitative estimate of drug-likeness (QED) is 0.717. The first-order valence-corrected chi connectivity index (χ1v) is 6.53. The zero-order valence-electron chi connectivity index (χ0n) is 11.2. The maximum Gasteiger partial charge on any atom is 0.0962 e. The minimum Gasteiger partial charge on any atom is -0.325 e. The van der Waals surface area contributed by atoms with Gasteiger partial charge in [-0.25, -0.2) is 0 Å². The van der Waals surface area contributed by atoms with Gasteiger partial charge in [-0.2, -0.15) is 0 Å². The van der Waals surface area contributed by atoms with E-state index in [4.69, 9.17) is 5.73 Å². The summed E-state index contributed by atoms with van der Waals surface area (Å²) in [4.78, 5) is 0. The van der Waals surface area contributed by atoms with E-state index in [0.717, 1.165) is 38.0 Å². The van der Waals surface area contributed by atoms with E-state index in [-0.39, 0.29) is 5.54 Å². The van der Waals surface area contributed by atoms with Gasteiger partial charge in [-0.1, -0.05) is 26.0 Å². The van der Waals surface area contributed by atoms with E-state index in [2.05, 4.69) is 36.4 Å². The Balaban J connectivity index is 2.40. The summed E-state index contributed by atoms with van der Waals surface area (Å²) < 4.78 is 1.85. The van der Waals surface area contributed by atoms with Crippen LogP contribution in [0.25, 0.3) is 0 Å². The number of hydrogen-bond acceptors (Lipinski definition) is 4. The van der Waals surface area contributed by atoms with Crippen molar-refractivity contribution < 1.29 is 0 Å². The van der Waals surface area contributed by atoms with Crippen molar-refractivity contribution in [3.63, 3.8) is 0 Å². The summed E-state index contributed by atoms with van der Waals surface area (Å²) in [5.41, 5.74) is 6.61. The summed E-state index contributed by atoms with van der Waals surface area (Å²) in [5.74, 6) is 0. The molecule has 1 aromatic rings. The van der Waals surface area contributed by atoms with Crippen molar-refractivity contribution in [2.75, 3.05) is 6.54 Å². The normalized spacial score (nSPS) is 12.0. The van der Waals surface area contributed by atoms with E-state index < -0.39 is 0 Å². The van der Waals surface area contributed by atoms with Gasteiger partial charge < -0.3 is 11.1 Å². The summed E-state index contributed by atoms with van der Waals surface area (Å²) >= 11 is 0. The van der Waals surface area contributed by atoms with Crippen molar-refractivity contribution in [3.8, 4) is 0 Å². The molecule has 3 N–H and O–H groups in total. The van der Waals surface area contributed by atoms with Crippen molar-refractivity contribution in [3.05, 3.63) is 11.9 Å². The standard InChI is InChI=1S/C12H25N5/c1-4-12(5-2,6-3)14-7-8-17-10-11(9-13)15-16-17/h10,14H,4-9,13H2,1-3H3. The highest BCUT2D eigenvalue weighted by Crippen LogP contribution is 2.18. The second kappa shape index (κ2) is 6.71. The lowest BCUT2D eigenvalue weighted by Crippen LogP contribution is -2.45. The van der Waals surface area contributed by atoms with Crippen LogP contribution >= 0.6 is 0 Å². The minimum absolute atomic E-state index is 0.275. The van der Waals surface area contributed by atoms with Crippen LogP contribution in [0, 0.1) is 0 Å². The molecule has 0 saturated carbocycles. The molecule has 0 aromatic carbocycles. The zero-order chi connectivity index (χ0) is 12.7. The van der Waals surface area contributed by atoms with Crippen molar-refractivity contribution in [2.45, 2.75) is 58.7 Å². The number of nitrogens with two attached hydrogens (primary N) is 1. The Morgan fingerprint density at radius 1 is 1.29 bits per heavy atom. The summed E-state index contributed by atoms with van der Waals surface area (Å²) in [7, 11) is 0. The predicted octanol–water partition coefficient (Wildman–Crippen LogP) is 1.30. The molecule has 0 fully saturated rings. The topological polar surface area (TPSA) is 68.8 Å². The predicted molar refractivity (Wildman–Crippen MR) is 69.5 cm³/mol. The molecule has 0 spiro atoms. The maximum atomic E-state index is 5.49. The molecule has 0 aliphatic carbocycles. The average Bonchev–Trinajstić information content (AvgIpc) is 2.83. The van der Waals surface area contributed by atoms with Gasteiger partial charge in [0, 0.05) is 24.8 Å². The fourth-order valence-corrected chi connectivity index (χ4v) is 2.10. The Morgan fingerprint density at radius 2 is 1.94 bits per heavy atom. The molecule has 0 amide bonds. The molecule has 5 heteroatoms. The van der Waals surface area contributed by atoms with Gasteiger partial charge in [0.15, 0.2) is 0 Å². The number of nitrogens with one attached hydrogen (secondary N) is 1. The lowest BCUT2D eigenvalue weighted by atomic mass is 9.90. The number of rotatable bonds is 8. The Labute approximate surface area is 104 Å². The molecule has 5 nitrogen and oxygen atoms in total. The third-order valence-electron chi connectivity index (χ3n) is 3.67. The number of nitrogens with zero attached hydrogens (tertiary/aromatic N) is 3. The van der Waals surface area contributed by atoms with Crippen LogP contribution in [0.3, 0.4) is 0 Å². The molecule has 0 radical (unpaired) electrons. The molecule has 0 aliphatic heterocycles. The van der Waals surface area contributed by atoms with Crippen LogP contribution in [0.2, 0.25) is 0 Å². The zero-order valence-corrected chi connectivity index (χ0v) is 11.2. The van der Waals surface area contributed by atoms with Gasteiger partial charge in [-0.05, 0) is 19.3 Å². The summed E-state index contributed by atoms with van der Waals surface area (Å²) in [6, 6.07) is 0. The minimum atomic E-state index is 0.275. The Morgan fingerprint density at radius 3 is 2.41 bits per heavy atom. The number of aromatic nitrogens is 3. The summed E-state index contributed by atoms with van der Waals surface area (Å²) in [6.45, 7) is 8.93. The molecule has 0 unspecified atom stereocenters. The van der Waals surface area contributed by atoms with Crippen LogP contribution in [0.4, 0.5) is 0 Å². The van der Waals surface area contributed by atoms with Crippen molar-refractivity contribution >= 4 is 0 Å². The molecule has 0 bridgehead atoms. The first kappa shape index (κ1) is 14.1. The van der Waals surface area contributed by atoms with E-state index in [0.29, 0.717) is 6.54 Å². The first-order valence-electron chi connectivity index (χ1n) is 6.53. The smallest absolute Gasteiger partial charge is 0.0962 e. The van der Waals surface area contributed by atoms with Crippen LogP contribution in [-0.4, -0.2) is 27.1 Å². The fraction of sp³-hybridized carbons (Fsp3) is 0.833. The summed E-state index contributed by atoms with van der Waals surface area (Å²) in [5, 5.41) is 11.6. The van der Waals surface area contributed by atoms with Gasteiger partial charge in [-0.3, -0.25) is 4.68 Å².